The van der Waals surface area contributed by atoms with Crippen molar-refractivity contribution in [3.8, 4) is 5.75 Å². The molecule has 3 nitrogen and oxygen atoms in total. The van der Waals surface area contributed by atoms with Gasteiger partial charge in [-0.15, -0.1) is 0 Å². The molecule has 2 aromatic carbocycles. The molecule has 3 rings (SSSR count). The molecule has 0 radical (unpaired) electrons. The smallest absolute Gasteiger partial charge is 0.335 e. The third kappa shape index (κ3) is 4.87. The van der Waals surface area contributed by atoms with E-state index in [2.05, 4.69) is 59.7 Å². The first-order valence-corrected chi connectivity index (χ1v) is 12.2. The summed E-state index contributed by atoms with van der Waals surface area (Å²) in [7, 11) is 0. The summed E-state index contributed by atoms with van der Waals surface area (Å²) in [5.41, 5.74) is 4.99. The zero-order valence-corrected chi connectivity index (χ0v) is 20.8. The van der Waals surface area contributed by atoms with Gasteiger partial charge in [-0.05, 0) is 77.5 Å². The Morgan fingerprint density at radius 1 is 0.906 bits per heavy atom. The van der Waals surface area contributed by atoms with E-state index in [0.29, 0.717) is 6.61 Å². The topological polar surface area (TPSA) is 46.5 Å². The Morgan fingerprint density at radius 3 is 2.00 bits per heavy atom. The highest BCUT2D eigenvalue weighted by molar-refractivity contribution is 5.87. The number of carboxylic acids is 1. The number of ether oxygens (including phenoxy) is 1. The van der Waals surface area contributed by atoms with Gasteiger partial charge in [0.05, 0.1) is 12.2 Å². The molecule has 1 N–H and O–H groups in total. The quantitative estimate of drug-likeness (QED) is 0.439. The molecule has 0 aliphatic heterocycles. The highest BCUT2D eigenvalue weighted by Gasteiger charge is 2.39. The van der Waals surface area contributed by atoms with Crippen LogP contribution in [0.15, 0.2) is 42.5 Å². The molecular formula is C29H40O3. The zero-order valence-electron chi connectivity index (χ0n) is 20.8. The molecule has 1 aliphatic carbocycles. The van der Waals surface area contributed by atoms with Gasteiger partial charge in [0.25, 0.3) is 0 Å². The minimum atomic E-state index is -0.914. The number of rotatable bonds is 9. The first-order chi connectivity index (χ1) is 15.0. The highest BCUT2D eigenvalue weighted by Crippen LogP contribution is 2.47. The Kier molecular flexibility index (Phi) is 7.07. The predicted molar refractivity (Wildman–Crippen MR) is 132 cm³/mol. The minimum absolute atomic E-state index is 0.0539. The maximum Gasteiger partial charge on any atom is 0.335 e. The van der Waals surface area contributed by atoms with Crippen LogP contribution in [0.2, 0.25) is 0 Å². The summed E-state index contributed by atoms with van der Waals surface area (Å²) in [6, 6.07) is 14.0. The van der Waals surface area contributed by atoms with Crippen molar-refractivity contribution in [3.63, 3.8) is 0 Å². The Balaban J connectivity index is 1.98. The van der Waals surface area contributed by atoms with E-state index in [1.54, 1.807) is 24.3 Å². The fraction of sp³-hybridized carbons (Fsp3) is 0.552. The Bertz CT molecular complexity index is 931. The molecule has 2 aromatic rings. The van der Waals surface area contributed by atoms with Crippen LogP contribution >= 0.6 is 0 Å². The lowest BCUT2D eigenvalue weighted by Gasteiger charge is -2.43. The van der Waals surface area contributed by atoms with E-state index in [4.69, 9.17) is 9.84 Å². The largest absolute Gasteiger partial charge is 0.493 e. The van der Waals surface area contributed by atoms with Crippen molar-refractivity contribution in [2.24, 2.45) is 0 Å². The van der Waals surface area contributed by atoms with E-state index in [-0.39, 0.29) is 21.8 Å². The van der Waals surface area contributed by atoms with Crippen molar-refractivity contribution < 1.29 is 14.6 Å². The standard InChI is InChI=1S/C29H40O3/c1-7-15-29(16-8-2,20-32-23-12-9-21(10-13-23)26(30)31)22-11-14-24-25(19-22)28(5,6)18-17-27(24,3)4/h9-14,19H,7-8,15-18,20H2,1-6H3,(H,30,31). The van der Waals surface area contributed by atoms with Gasteiger partial charge in [0.15, 0.2) is 0 Å². The molecule has 0 unspecified atom stereocenters. The van der Waals surface area contributed by atoms with Gasteiger partial charge in [0.1, 0.15) is 5.75 Å². The summed E-state index contributed by atoms with van der Waals surface area (Å²) >= 11 is 0. The zero-order chi connectivity index (χ0) is 23.6. The normalized spacial score (nSPS) is 16.9. The summed E-state index contributed by atoms with van der Waals surface area (Å²) in [6.07, 6.45) is 6.74. The van der Waals surface area contributed by atoms with Gasteiger partial charge in [-0.1, -0.05) is 72.6 Å². The second-order valence-corrected chi connectivity index (χ2v) is 10.9. The minimum Gasteiger partial charge on any atom is -0.493 e. The average molecular weight is 437 g/mol. The molecule has 0 spiro atoms. The molecular weight excluding hydrogens is 396 g/mol. The van der Waals surface area contributed by atoms with Gasteiger partial charge < -0.3 is 9.84 Å². The number of fused-ring (bicyclic) bond motifs is 1. The summed E-state index contributed by atoms with van der Waals surface area (Å²) in [6.45, 7) is 14.6. The van der Waals surface area contributed by atoms with Gasteiger partial charge in [-0.3, -0.25) is 0 Å². The van der Waals surface area contributed by atoms with Crippen LogP contribution in [0.25, 0.3) is 0 Å². The lowest BCUT2D eigenvalue weighted by atomic mass is 9.61. The van der Waals surface area contributed by atoms with Crippen molar-refractivity contribution in [3.05, 3.63) is 64.7 Å². The number of carboxylic acid groups (broad SMARTS) is 1. The van der Waals surface area contributed by atoms with E-state index >= 15 is 0 Å². The summed E-state index contributed by atoms with van der Waals surface area (Å²) < 4.78 is 6.31. The summed E-state index contributed by atoms with van der Waals surface area (Å²) in [4.78, 5) is 11.2. The average Bonchev–Trinajstić information content (AvgIpc) is 2.76. The van der Waals surface area contributed by atoms with Crippen molar-refractivity contribution in [1.29, 1.82) is 0 Å². The number of hydrogen-bond acceptors (Lipinski definition) is 2. The van der Waals surface area contributed by atoms with Gasteiger partial charge in [-0.25, -0.2) is 4.79 Å². The number of aromatic carboxylic acids is 1. The molecule has 0 saturated carbocycles. The second kappa shape index (κ2) is 9.29. The van der Waals surface area contributed by atoms with E-state index in [1.807, 2.05) is 0 Å². The SMILES string of the molecule is CCCC(CCC)(COc1ccc(C(=O)O)cc1)c1ccc2c(c1)C(C)(C)CCC2(C)C. The molecule has 0 aromatic heterocycles. The number of hydrogen-bond donors (Lipinski definition) is 1. The molecule has 174 valence electrons. The van der Waals surface area contributed by atoms with E-state index in [0.717, 1.165) is 31.4 Å². The summed E-state index contributed by atoms with van der Waals surface area (Å²) in [5.74, 6) is -0.187. The lowest BCUT2D eigenvalue weighted by Crippen LogP contribution is -2.37. The molecule has 0 saturated heterocycles. The van der Waals surface area contributed by atoms with E-state index in [1.165, 1.54) is 29.5 Å². The third-order valence-corrected chi connectivity index (χ3v) is 7.54. The molecule has 0 fully saturated rings. The van der Waals surface area contributed by atoms with E-state index in [9.17, 15) is 4.79 Å². The molecule has 0 amide bonds. The highest BCUT2D eigenvalue weighted by atomic mass is 16.5. The first-order valence-electron chi connectivity index (χ1n) is 12.2. The Hall–Kier alpha value is -2.29. The van der Waals surface area contributed by atoms with Crippen LogP contribution in [-0.4, -0.2) is 17.7 Å². The van der Waals surface area contributed by atoms with Crippen molar-refractivity contribution in [2.45, 2.75) is 96.3 Å². The first kappa shape index (κ1) is 24.4. The molecule has 0 heterocycles. The van der Waals surface area contributed by atoms with Crippen molar-refractivity contribution in [1.82, 2.24) is 0 Å². The molecule has 1 aliphatic rings. The molecule has 3 heteroatoms. The third-order valence-electron chi connectivity index (χ3n) is 7.54. The van der Waals surface area contributed by atoms with Crippen LogP contribution in [0.1, 0.15) is 107 Å². The molecule has 0 atom stereocenters. The van der Waals surface area contributed by atoms with Gasteiger partial charge in [-0.2, -0.15) is 0 Å². The molecule has 32 heavy (non-hydrogen) atoms. The van der Waals surface area contributed by atoms with Crippen LogP contribution in [0, 0.1) is 0 Å². The summed E-state index contributed by atoms with van der Waals surface area (Å²) in [5, 5.41) is 9.16. The fourth-order valence-electron chi connectivity index (χ4n) is 5.43. The van der Waals surface area contributed by atoms with Crippen LogP contribution in [0.4, 0.5) is 0 Å². The van der Waals surface area contributed by atoms with Crippen LogP contribution in [0.3, 0.4) is 0 Å². The maximum absolute atomic E-state index is 11.2. The van der Waals surface area contributed by atoms with Crippen molar-refractivity contribution in [2.75, 3.05) is 6.61 Å². The second-order valence-electron chi connectivity index (χ2n) is 10.9. The lowest BCUT2D eigenvalue weighted by molar-refractivity contribution is 0.0697. The number of benzene rings is 2. The Labute approximate surface area is 194 Å². The van der Waals surface area contributed by atoms with Crippen LogP contribution in [-0.2, 0) is 16.2 Å². The fourth-order valence-corrected chi connectivity index (χ4v) is 5.43. The van der Waals surface area contributed by atoms with Crippen molar-refractivity contribution >= 4 is 5.97 Å². The van der Waals surface area contributed by atoms with Gasteiger partial charge in [0, 0.05) is 5.41 Å². The van der Waals surface area contributed by atoms with Gasteiger partial charge >= 0.3 is 5.97 Å². The maximum atomic E-state index is 11.2. The molecule has 0 bridgehead atoms. The van der Waals surface area contributed by atoms with Crippen LogP contribution < -0.4 is 4.74 Å². The van der Waals surface area contributed by atoms with E-state index < -0.39 is 5.97 Å². The monoisotopic (exact) mass is 436 g/mol. The predicted octanol–water partition coefficient (Wildman–Crippen LogP) is 7.65. The number of carbonyl (C=O) groups is 1. The van der Waals surface area contributed by atoms with Crippen LogP contribution in [0.5, 0.6) is 5.75 Å². The Morgan fingerprint density at radius 2 is 1.47 bits per heavy atom. The van der Waals surface area contributed by atoms with Gasteiger partial charge in [0.2, 0.25) is 0 Å².